The van der Waals surface area contributed by atoms with Gasteiger partial charge in [-0.05, 0) is 67.8 Å². The van der Waals surface area contributed by atoms with E-state index in [1.807, 2.05) is 49.0 Å². The van der Waals surface area contributed by atoms with Gasteiger partial charge in [-0.2, -0.15) is 4.98 Å². The number of amides is 1. The molecule has 3 aromatic carbocycles. The second-order valence-electron chi connectivity index (χ2n) is 9.31. The fraction of sp³-hybridized carbons (Fsp3) is 0.276. The monoisotopic (exact) mass is 532 g/mol. The number of likely N-dealkylation sites (tertiary alicyclic amines) is 1. The smallest absolute Gasteiger partial charge is 0.241 e. The molecule has 0 saturated carbocycles. The third-order valence-electron chi connectivity index (χ3n) is 6.52. The molecule has 37 heavy (non-hydrogen) atoms. The molecule has 190 valence electrons. The summed E-state index contributed by atoms with van der Waals surface area (Å²) in [5, 5.41) is 7.84. The normalized spacial score (nSPS) is 16.0. The van der Waals surface area contributed by atoms with Gasteiger partial charge in [-0.3, -0.25) is 9.69 Å². The third kappa shape index (κ3) is 6.60. The molecule has 5 rings (SSSR count). The number of carbonyl (C=O) groups is 1. The quantitative estimate of drug-likeness (QED) is 0.250. The number of benzene rings is 3. The van der Waals surface area contributed by atoms with E-state index in [1.165, 1.54) is 10.5 Å². The molecule has 1 fully saturated rings. The van der Waals surface area contributed by atoms with Crippen molar-refractivity contribution in [3.63, 3.8) is 0 Å². The van der Waals surface area contributed by atoms with Gasteiger partial charge in [0, 0.05) is 28.4 Å². The maximum absolute atomic E-state index is 13.1. The van der Waals surface area contributed by atoms with E-state index in [4.69, 9.17) is 16.1 Å². The molecule has 2 heterocycles. The molecule has 8 heteroatoms. The fourth-order valence-corrected chi connectivity index (χ4v) is 5.63. The van der Waals surface area contributed by atoms with E-state index in [-0.39, 0.29) is 11.8 Å². The molecule has 6 nitrogen and oxygen atoms in total. The van der Waals surface area contributed by atoms with Crippen molar-refractivity contribution in [2.24, 2.45) is 5.92 Å². The minimum Gasteiger partial charge on any atom is -0.338 e. The maximum Gasteiger partial charge on any atom is 0.241 e. The minimum atomic E-state index is -0.0903. The first-order valence-electron chi connectivity index (χ1n) is 12.4. The predicted octanol–water partition coefficient (Wildman–Crippen LogP) is 6.84. The highest BCUT2D eigenvalue weighted by molar-refractivity contribution is 7.98. The maximum atomic E-state index is 13.1. The molecule has 1 amide bonds. The molecular formula is C29H29ClN4O2S. The molecule has 1 aliphatic heterocycles. The summed E-state index contributed by atoms with van der Waals surface area (Å²) in [6.45, 7) is 4.10. The Labute approximate surface area is 226 Å². The van der Waals surface area contributed by atoms with Crippen LogP contribution in [0.4, 0.5) is 5.69 Å². The van der Waals surface area contributed by atoms with Gasteiger partial charge in [0.2, 0.25) is 17.6 Å². The van der Waals surface area contributed by atoms with Crippen LogP contribution in [0.15, 0.2) is 82.2 Å². The van der Waals surface area contributed by atoms with E-state index in [9.17, 15) is 4.79 Å². The van der Waals surface area contributed by atoms with Crippen LogP contribution in [-0.4, -0.2) is 34.0 Å². The van der Waals surface area contributed by atoms with E-state index in [1.54, 1.807) is 6.07 Å². The Hall–Kier alpha value is -3.13. The first-order valence-corrected chi connectivity index (χ1v) is 13.8. The summed E-state index contributed by atoms with van der Waals surface area (Å²) >= 11 is 8.07. The standard InChI is InChI=1S/C29H29ClN4O2S/c1-20-16-21(19-37-23-9-3-2-4-10-23)13-14-26(20)31-29(35)22-8-7-15-34(17-22)18-27-32-28(33-36-27)24-11-5-6-12-25(24)30/h2-6,9-14,16,22H,7-8,15,17-19H2,1H3,(H,31,35). The van der Waals surface area contributed by atoms with Gasteiger partial charge in [-0.1, -0.05) is 59.2 Å². The first kappa shape index (κ1) is 25.5. The number of hydrogen-bond donors (Lipinski definition) is 1. The number of aryl methyl sites for hydroxylation is 1. The molecule has 1 unspecified atom stereocenters. The average Bonchev–Trinajstić information content (AvgIpc) is 3.38. The van der Waals surface area contributed by atoms with Crippen LogP contribution >= 0.6 is 23.4 Å². The lowest BCUT2D eigenvalue weighted by atomic mass is 9.96. The highest BCUT2D eigenvalue weighted by Crippen LogP contribution is 2.27. The average molecular weight is 533 g/mol. The van der Waals surface area contributed by atoms with E-state index < -0.39 is 0 Å². The zero-order valence-electron chi connectivity index (χ0n) is 20.7. The molecule has 0 bridgehead atoms. The zero-order valence-corrected chi connectivity index (χ0v) is 22.3. The SMILES string of the molecule is Cc1cc(CSc2ccccc2)ccc1NC(=O)C1CCCN(Cc2nc(-c3ccccc3Cl)no2)C1. The van der Waals surface area contributed by atoms with Crippen molar-refractivity contribution in [2.45, 2.75) is 37.0 Å². The summed E-state index contributed by atoms with van der Waals surface area (Å²) in [7, 11) is 0. The van der Waals surface area contributed by atoms with E-state index in [0.717, 1.165) is 42.0 Å². The van der Waals surface area contributed by atoms with E-state index in [0.29, 0.717) is 29.8 Å². The Kier molecular flexibility index (Phi) is 8.24. The number of anilines is 1. The largest absolute Gasteiger partial charge is 0.338 e. The molecule has 1 N–H and O–H groups in total. The predicted molar refractivity (Wildman–Crippen MR) is 149 cm³/mol. The Morgan fingerprint density at radius 2 is 1.95 bits per heavy atom. The second-order valence-corrected chi connectivity index (χ2v) is 10.8. The molecule has 1 aliphatic rings. The number of thioether (sulfide) groups is 1. The summed E-state index contributed by atoms with van der Waals surface area (Å²) in [5.41, 5.74) is 3.93. The molecule has 0 radical (unpaired) electrons. The van der Waals surface area contributed by atoms with Crippen LogP contribution in [0, 0.1) is 12.8 Å². The van der Waals surface area contributed by atoms with E-state index >= 15 is 0 Å². The lowest BCUT2D eigenvalue weighted by Crippen LogP contribution is -2.40. The van der Waals surface area contributed by atoms with Gasteiger partial charge in [-0.25, -0.2) is 0 Å². The topological polar surface area (TPSA) is 71.3 Å². The van der Waals surface area contributed by atoms with Gasteiger partial charge in [0.25, 0.3) is 0 Å². The van der Waals surface area contributed by atoms with Gasteiger partial charge in [0.05, 0.1) is 17.5 Å². The van der Waals surface area contributed by atoms with Gasteiger partial charge in [0.1, 0.15) is 0 Å². The number of piperidine rings is 1. The number of nitrogens with one attached hydrogen (secondary N) is 1. The number of nitrogens with zero attached hydrogens (tertiary/aromatic N) is 3. The van der Waals surface area contributed by atoms with E-state index in [2.05, 4.69) is 56.8 Å². The van der Waals surface area contributed by atoms with Gasteiger partial charge < -0.3 is 9.84 Å². The number of carbonyl (C=O) groups excluding carboxylic acids is 1. The zero-order chi connectivity index (χ0) is 25.6. The summed E-state index contributed by atoms with van der Waals surface area (Å²) in [6, 6.07) is 24.1. The highest BCUT2D eigenvalue weighted by Gasteiger charge is 2.27. The van der Waals surface area contributed by atoms with Crippen LogP contribution in [0.25, 0.3) is 11.4 Å². The van der Waals surface area contributed by atoms with Crippen molar-refractivity contribution in [2.75, 3.05) is 18.4 Å². The van der Waals surface area contributed by atoms with Crippen molar-refractivity contribution >= 4 is 35.0 Å². The Bertz CT molecular complexity index is 1360. The van der Waals surface area contributed by atoms with Crippen molar-refractivity contribution in [1.29, 1.82) is 0 Å². The summed E-state index contributed by atoms with van der Waals surface area (Å²) in [6.07, 6.45) is 1.81. The summed E-state index contributed by atoms with van der Waals surface area (Å²) < 4.78 is 5.48. The van der Waals surface area contributed by atoms with Crippen LogP contribution in [0.5, 0.6) is 0 Å². The number of hydrogen-bond acceptors (Lipinski definition) is 6. The minimum absolute atomic E-state index is 0.0569. The molecule has 4 aromatic rings. The molecular weight excluding hydrogens is 504 g/mol. The Morgan fingerprint density at radius 3 is 2.76 bits per heavy atom. The molecule has 0 aliphatic carbocycles. The third-order valence-corrected chi connectivity index (χ3v) is 7.93. The lowest BCUT2D eigenvalue weighted by molar-refractivity contribution is -0.121. The van der Waals surface area contributed by atoms with Crippen LogP contribution in [0.1, 0.15) is 29.9 Å². The Morgan fingerprint density at radius 1 is 1.14 bits per heavy atom. The van der Waals surface area contributed by atoms with Crippen LogP contribution in [-0.2, 0) is 17.1 Å². The Balaban J connectivity index is 1.16. The highest BCUT2D eigenvalue weighted by atomic mass is 35.5. The molecule has 1 saturated heterocycles. The van der Waals surface area contributed by atoms with Crippen LogP contribution in [0.2, 0.25) is 5.02 Å². The molecule has 1 aromatic heterocycles. The van der Waals surface area contributed by atoms with Crippen LogP contribution in [0.3, 0.4) is 0 Å². The van der Waals surface area contributed by atoms with Crippen molar-refractivity contribution < 1.29 is 9.32 Å². The van der Waals surface area contributed by atoms with Crippen molar-refractivity contribution in [3.05, 3.63) is 94.8 Å². The lowest BCUT2D eigenvalue weighted by Gasteiger charge is -2.31. The van der Waals surface area contributed by atoms with Gasteiger partial charge in [0.15, 0.2) is 0 Å². The molecule has 1 atom stereocenters. The summed E-state index contributed by atoms with van der Waals surface area (Å²) in [5.74, 6) is 1.86. The second kappa shape index (κ2) is 11.9. The number of halogens is 1. The van der Waals surface area contributed by atoms with Crippen molar-refractivity contribution in [1.82, 2.24) is 15.0 Å². The number of rotatable bonds is 8. The first-order chi connectivity index (χ1) is 18.0. The fourth-order valence-electron chi connectivity index (χ4n) is 4.55. The van der Waals surface area contributed by atoms with Gasteiger partial charge >= 0.3 is 0 Å². The summed E-state index contributed by atoms with van der Waals surface area (Å²) in [4.78, 5) is 21.1. The number of aromatic nitrogens is 2. The van der Waals surface area contributed by atoms with Crippen LogP contribution < -0.4 is 5.32 Å². The molecule has 0 spiro atoms. The van der Waals surface area contributed by atoms with Gasteiger partial charge in [-0.15, -0.1) is 11.8 Å². The van der Waals surface area contributed by atoms with Crippen molar-refractivity contribution in [3.8, 4) is 11.4 Å².